The highest BCUT2D eigenvalue weighted by atomic mass is 32.2. The summed E-state index contributed by atoms with van der Waals surface area (Å²) < 4.78 is 24.2. The molecule has 0 bridgehead atoms. The number of carbonyl (C=O) groups is 1. The fourth-order valence-electron chi connectivity index (χ4n) is 2.12. The average molecular weight is 303 g/mol. The van der Waals surface area contributed by atoms with E-state index >= 15 is 0 Å². The first-order valence-corrected chi connectivity index (χ1v) is 8.81. The normalized spacial score (nSPS) is 20.3. The Morgan fingerprint density at radius 1 is 1.58 bits per heavy atom. The van der Waals surface area contributed by atoms with Crippen molar-refractivity contribution in [2.24, 2.45) is 5.92 Å². The van der Waals surface area contributed by atoms with E-state index in [1.807, 2.05) is 17.2 Å². The van der Waals surface area contributed by atoms with E-state index < -0.39 is 15.9 Å². The van der Waals surface area contributed by atoms with Crippen LogP contribution in [-0.2, 0) is 14.8 Å². The maximum absolute atomic E-state index is 11.9. The zero-order chi connectivity index (χ0) is 14.0. The van der Waals surface area contributed by atoms with Crippen molar-refractivity contribution >= 4 is 32.4 Å². The molecule has 1 N–H and O–H groups in total. The van der Waals surface area contributed by atoms with Crippen LogP contribution in [0.25, 0.3) is 0 Å². The molecule has 8 heteroatoms. The van der Waals surface area contributed by atoms with Crippen molar-refractivity contribution in [2.75, 3.05) is 24.2 Å². The predicted octanol–water partition coefficient (Wildman–Crippen LogP) is 0.744. The first-order chi connectivity index (χ1) is 8.85. The first kappa shape index (κ1) is 14.3. The lowest BCUT2D eigenvalue weighted by Gasteiger charge is -2.31. The molecule has 1 atom stereocenters. The summed E-state index contributed by atoms with van der Waals surface area (Å²) in [7, 11) is -3.48. The number of hydrogen-bond acceptors (Lipinski definition) is 6. The van der Waals surface area contributed by atoms with Gasteiger partial charge >= 0.3 is 0 Å². The molecule has 0 spiro atoms. The van der Waals surface area contributed by atoms with Gasteiger partial charge in [-0.15, -0.1) is 11.3 Å². The van der Waals surface area contributed by atoms with E-state index in [9.17, 15) is 13.2 Å². The largest absolute Gasteiger partial charge is 0.347 e. The Kier molecular flexibility index (Phi) is 4.10. The second-order valence-electron chi connectivity index (χ2n) is 4.80. The van der Waals surface area contributed by atoms with E-state index in [0.29, 0.717) is 13.0 Å². The van der Waals surface area contributed by atoms with Gasteiger partial charge in [0, 0.05) is 18.5 Å². The fourth-order valence-corrected chi connectivity index (χ4v) is 3.49. The van der Waals surface area contributed by atoms with E-state index in [1.54, 1.807) is 11.3 Å². The van der Waals surface area contributed by atoms with Crippen molar-refractivity contribution in [3.63, 3.8) is 0 Å². The molecule has 2 rings (SSSR count). The van der Waals surface area contributed by atoms with E-state index in [4.69, 9.17) is 0 Å². The number of aryl methyl sites for hydroxylation is 1. The number of anilines is 1. The second kappa shape index (κ2) is 5.46. The van der Waals surface area contributed by atoms with Crippen LogP contribution in [-0.4, -0.2) is 38.7 Å². The monoisotopic (exact) mass is 303 g/mol. The zero-order valence-electron chi connectivity index (χ0n) is 10.9. The van der Waals surface area contributed by atoms with Crippen molar-refractivity contribution in [3.8, 4) is 0 Å². The van der Waals surface area contributed by atoms with Crippen LogP contribution in [0.4, 0.5) is 5.13 Å². The van der Waals surface area contributed by atoms with Crippen LogP contribution >= 0.6 is 11.3 Å². The van der Waals surface area contributed by atoms with Gasteiger partial charge in [-0.1, -0.05) is 0 Å². The molecule has 1 fully saturated rings. The SMILES string of the molecule is Cc1csc(N2CCCC(C(=O)NS(C)(=O)=O)C2)n1. The lowest BCUT2D eigenvalue weighted by atomic mass is 9.98. The molecule has 1 aliphatic heterocycles. The number of rotatable bonds is 3. The van der Waals surface area contributed by atoms with Crippen molar-refractivity contribution < 1.29 is 13.2 Å². The van der Waals surface area contributed by atoms with Crippen LogP contribution in [0, 0.1) is 12.8 Å². The fraction of sp³-hybridized carbons (Fsp3) is 0.636. The minimum Gasteiger partial charge on any atom is -0.347 e. The van der Waals surface area contributed by atoms with Crippen LogP contribution in [0.5, 0.6) is 0 Å². The number of nitrogens with zero attached hydrogens (tertiary/aromatic N) is 2. The third-order valence-electron chi connectivity index (χ3n) is 2.96. The van der Waals surface area contributed by atoms with E-state index in [1.165, 1.54) is 0 Å². The molecular formula is C11H17N3O3S2. The molecule has 0 saturated carbocycles. The van der Waals surface area contributed by atoms with Crippen molar-refractivity contribution in [2.45, 2.75) is 19.8 Å². The van der Waals surface area contributed by atoms with Crippen molar-refractivity contribution in [3.05, 3.63) is 11.1 Å². The highest BCUT2D eigenvalue weighted by molar-refractivity contribution is 7.89. The van der Waals surface area contributed by atoms with Gasteiger partial charge in [0.25, 0.3) is 0 Å². The highest BCUT2D eigenvalue weighted by Gasteiger charge is 2.28. The minimum absolute atomic E-state index is 0.298. The third-order valence-corrected chi connectivity index (χ3v) is 4.55. The standard InChI is InChI=1S/C11H17N3O3S2/c1-8-7-18-11(12-8)14-5-3-4-9(6-14)10(15)13-19(2,16)17/h7,9H,3-6H2,1-2H3,(H,13,15). The summed E-state index contributed by atoms with van der Waals surface area (Å²) in [5, 5.41) is 2.87. The molecule has 1 amide bonds. The summed E-state index contributed by atoms with van der Waals surface area (Å²) in [6.07, 6.45) is 2.57. The predicted molar refractivity (Wildman–Crippen MR) is 74.8 cm³/mol. The van der Waals surface area contributed by atoms with E-state index in [-0.39, 0.29) is 5.92 Å². The molecule has 19 heavy (non-hydrogen) atoms. The zero-order valence-corrected chi connectivity index (χ0v) is 12.6. The minimum atomic E-state index is -3.48. The van der Waals surface area contributed by atoms with Gasteiger partial charge in [-0.3, -0.25) is 9.52 Å². The summed E-state index contributed by atoms with van der Waals surface area (Å²) in [5.74, 6) is -0.715. The van der Waals surface area contributed by atoms with Gasteiger partial charge in [-0.25, -0.2) is 13.4 Å². The van der Waals surface area contributed by atoms with Gasteiger partial charge in [0.2, 0.25) is 15.9 Å². The molecule has 1 aromatic heterocycles. The van der Waals surface area contributed by atoms with Gasteiger partial charge in [0.1, 0.15) is 0 Å². The second-order valence-corrected chi connectivity index (χ2v) is 7.38. The molecule has 0 radical (unpaired) electrons. The van der Waals surface area contributed by atoms with Crippen LogP contribution in [0.15, 0.2) is 5.38 Å². The molecule has 106 valence electrons. The molecule has 1 unspecified atom stereocenters. The molecular weight excluding hydrogens is 286 g/mol. The number of nitrogens with one attached hydrogen (secondary N) is 1. The van der Waals surface area contributed by atoms with Gasteiger partial charge < -0.3 is 4.90 Å². The van der Waals surface area contributed by atoms with Crippen LogP contribution in [0.3, 0.4) is 0 Å². The van der Waals surface area contributed by atoms with Gasteiger partial charge in [0.05, 0.1) is 17.9 Å². The Balaban J connectivity index is 2.03. The Morgan fingerprint density at radius 3 is 2.89 bits per heavy atom. The quantitative estimate of drug-likeness (QED) is 0.891. The Morgan fingerprint density at radius 2 is 2.32 bits per heavy atom. The molecule has 1 saturated heterocycles. The maximum atomic E-state index is 11.9. The summed E-state index contributed by atoms with van der Waals surface area (Å²) in [6.45, 7) is 3.31. The number of amides is 1. The van der Waals surface area contributed by atoms with E-state index in [2.05, 4.69) is 9.71 Å². The average Bonchev–Trinajstić information content (AvgIpc) is 2.74. The van der Waals surface area contributed by atoms with Crippen LogP contribution in [0.1, 0.15) is 18.5 Å². The summed E-state index contributed by atoms with van der Waals surface area (Å²) in [4.78, 5) is 18.3. The van der Waals surface area contributed by atoms with Crippen LogP contribution < -0.4 is 9.62 Å². The van der Waals surface area contributed by atoms with Crippen molar-refractivity contribution in [1.29, 1.82) is 0 Å². The smallest absolute Gasteiger partial charge is 0.238 e. The van der Waals surface area contributed by atoms with Gasteiger partial charge in [-0.05, 0) is 19.8 Å². The topological polar surface area (TPSA) is 79.4 Å². The Hall–Kier alpha value is -1.15. The number of hydrogen-bond donors (Lipinski definition) is 1. The van der Waals surface area contributed by atoms with Crippen LogP contribution in [0.2, 0.25) is 0 Å². The Labute approximate surface area is 116 Å². The molecule has 2 heterocycles. The third kappa shape index (κ3) is 3.90. The molecule has 1 aromatic rings. The highest BCUT2D eigenvalue weighted by Crippen LogP contribution is 2.26. The first-order valence-electron chi connectivity index (χ1n) is 6.04. The molecule has 1 aliphatic rings. The molecule has 0 aromatic carbocycles. The number of aromatic nitrogens is 1. The number of piperidine rings is 1. The maximum Gasteiger partial charge on any atom is 0.238 e. The van der Waals surface area contributed by atoms with Gasteiger partial charge in [-0.2, -0.15) is 0 Å². The summed E-state index contributed by atoms with van der Waals surface area (Å²) in [5.41, 5.74) is 0.961. The lowest BCUT2D eigenvalue weighted by Crippen LogP contribution is -2.44. The lowest BCUT2D eigenvalue weighted by molar-refractivity contribution is -0.123. The number of sulfonamides is 1. The molecule has 0 aliphatic carbocycles. The summed E-state index contributed by atoms with van der Waals surface area (Å²) in [6, 6.07) is 0. The Bertz CT molecular complexity index is 567. The number of thiazole rings is 1. The molecule has 6 nitrogen and oxygen atoms in total. The number of carbonyl (C=O) groups excluding carboxylic acids is 1. The van der Waals surface area contributed by atoms with Crippen molar-refractivity contribution in [1.82, 2.24) is 9.71 Å². The van der Waals surface area contributed by atoms with Gasteiger partial charge in [0.15, 0.2) is 5.13 Å². The van der Waals surface area contributed by atoms with E-state index in [0.717, 1.165) is 30.0 Å². The summed E-state index contributed by atoms with van der Waals surface area (Å²) >= 11 is 1.55.